The van der Waals surface area contributed by atoms with Crippen LogP contribution in [0.5, 0.6) is 0 Å². The van der Waals surface area contributed by atoms with E-state index in [0.29, 0.717) is 13.2 Å². The fourth-order valence-electron chi connectivity index (χ4n) is 4.75. The number of carbonyl (C=O) groups is 1. The van der Waals surface area contributed by atoms with Crippen LogP contribution < -0.4 is 4.90 Å². The first-order valence-electron chi connectivity index (χ1n) is 10.3. The van der Waals surface area contributed by atoms with Crippen LogP contribution in [0, 0.1) is 5.41 Å². The third kappa shape index (κ3) is 3.60. The first kappa shape index (κ1) is 18.2. The Morgan fingerprint density at radius 3 is 3.03 bits per heavy atom. The van der Waals surface area contributed by atoms with E-state index in [-0.39, 0.29) is 11.3 Å². The van der Waals surface area contributed by atoms with Crippen LogP contribution in [-0.2, 0) is 4.74 Å². The zero-order valence-electron chi connectivity index (χ0n) is 16.5. The lowest BCUT2D eigenvalue weighted by Gasteiger charge is -2.44. The van der Waals surface area contributed by atoms with Crippen LogP contribution in [0.3, 0.4) is 0 Å². The van der Waals surface area contributed by atoms with Crippen molar-refractivity contribution in [1.82, 2.24) is 14.9 Å². The number of amides is 1. The van der Waals surface area contributed by atoms with Crippen LogP contribution in [0.2, 0.25) is 0 Å². The monoisotopic (exact) mass is 390 g/mol. The molecule has 6 heteroatoms. The maximum Gasteiger partial charge on any atom is 0.253 e. The third-order valence-electron chi connectivity index (χ3n) is 6.20. The predicted molar refractivity (Wildman–Crippen MR) is 113 cm³/mol. The van der Waals surface area contributed by atoms with Crippen LogP contribution in [0.1, 0.15) is 23.2 Å². The Kier molecular flexibility index (Phi) is 4.72. The van der Waals surface area contributed by atoms with Crippen molar-refractivity contribution in [2.45, 2.75) is 12.8 Å². The van der Waals surface area contributed by atoms with E-state index in [0.717, 1.165) is 61.2 Å². The van der Waals surface area contributed by atoms with Gasteiger partial charge < -0.3 is 19.5 Å². The summed E-state index contributed by atoms with van der Waals surface area (Å²) in [5, 5.41) is 1.07. The van der Waals surface area contributed by atoms with Crippen molar-refractivity contribution in [3.8, 4) is 0 Å². The second-order valence-corrected chi connectivity index (χ2v) is 8.30. The molecule has 1 aromatic carbocycles. The smallest absolute Gasteiger partial charge is 0.253 e. The summed E-state index contributed by atoms with van der Waals surface area (Å²) in [5.74, 6) is 0.115. The van der Waals surface area contributed by atoms with Gasteiger partial charge in [-0.15, -0.1) is 0 Å². The van der Waals surface area contributed by atoms with Crippen molar-refractivity contribution < 1.29 is 9.53 Å². The van der Waals surface area contributed by atoms with Crippen LogP contribution in [-0.4, -0.2) is 60.2 Å². The number of carbonyl (C=O) groups excluding carboxylic acids is 1. The number of hydrogen-bond acceptors (Lipinski definition) is 4. The molecule has 1 amide bonds. The average molecular weight is 390 g/mol. The molecule has 29 heavy (non-hydrogen) atoms. The Bertz CT molecular complexity index is 1000. The van der Waals surface area contributed by atoms with Gasteiger partial charge in [0.25, 0.3) is 5.91 Å². The minimum atomic E-state index is -0.0432. The first-order valence-corrected chi connectivity index (χ1v) is 10.3. The third-order valence-corrected chi connectivity index (χ3v) is 6.20. The molecule has 2 aromatic heterocycles. The second kappa shape index (κ2) is 7.52. The number of H-pyrrole nitrogens is 1. The fraction of sp³-hybridized carbons (Fsp3) is 0.391. The van der Waals surface area contributed by atoms with Crippen LogP contribution in [0.15, 0.2) is 55.0 Å². The van der Waals surface area contributed by atoms with E-state index in [1.54, 1.807) is 6.20 Å². The van der Waals surface area contributed by atoms with E-state index in [2.05, 4.69) is 20.9 Å². The number of aromatic nitrogens is 2. The Morgan fingerprint density at radius 2 is 2.14 bits per heavy atom. The van der Waals surface area contributed by atoms with Gasteiger partial charge in [-0.25, -0.2) is 0 Å². The Labute approximate surface area is 170 Å². The molecule has 2 saturated heterocycles. The van der Waals surface area contributed by atoms with Gasteiger partial charge in [0, 0.05) is 60.5 Å². The molecule has 6 nitrogen and oxygen atoms in total. The summed E-state index contributed by atoms with van der Waals surface area (Å²) in [7, 11) is 0. The van der Waals surface area contributed by atoms with Gasteiger partial charge in [-0.2, -0.15) is 0 Å². The minimum absolute atomic E-state index is 0.0432. The summed E-state index contributed by atoms with van der Waals surface area (Å²) in [6, 6.07) is 12.0. The number of piperidine rings is 1. The largest absolute Gasteiger partial charge is 0.379 e. The highest BCUT2D eigenvalue weighted by Crippen LogP contribution is 2.35. The van der Waals surface area contributed by atoms with E-state index in [4.69, 9.17) is 4.74 Å². The molecule has 0 radical (unpaired) electrons. The molecule has 1 unspecified atom stereocenters. The van der Waals surface area contributed by atoms with Crippen LogP contribution >= 0.6 is 0 Å². The average Bonchev–Trinajstić information content (AvgIpc) is 3.15. The lowest BCUT2D eigenvalue weighted by atomic mass is 9.79. The van der Waals surface area contributed by atoms with Crippen molar-refractivity contribution in [2.24, 2.45) is 5.41 Å². The van der Waals surface area contributed by atoms with Crippen LogP contribution in [0.4, 0.5) is 5.69 Å². The minimum Gasteiger partial charge on any atom is -0.379 e. The molecule has 4 heterocycles. The highest BCUT2D eigenvalue weighted by Gasteiger charge is 2.40. The maximum atomic E-state index is 13.3. The van der Waals surface area contributed by atoms with Gasteiger partial charge in [0.15, 0.2) is 0 Å². The van der Waals surface area contributed by atoms with E-state index in [1.165, 1.54) is 0 Å². The van der Waals surface area contributed by atoms with Crippen molar-refractivity contribution in [1.29, 1.82) is 0 Å². The lowest BCUT2D eigenvalue weighted by Crippen LogP contribution is -2.52. The Hall–Kier alpha value is -2.86. The van der Waals surface area contributed by atoms with E-state index >= 15 is 0 Å². The molecule has 5 rings (SSSR count). The number of nitrogens with one attached hydrogen (secondary N) is 1. The SMILES string of the molecule is O=C(c1ccc2[nH]ccc2c1)N1CCCC2(COCCN(c3cccnc3)C2)C1. The number of aromatic amines is 1. The fourth-order valence-corrected chi connectivity index (χ4v) is 4.75. The van der Waals surface area contributed by atoms with Gasteiger partial charge in [-0.3, -0.25) is 9.78 Å². The summed E-state index contributed by atoms with van der Waals surface area (Å²) in [4.78, 5) is 25.1. The molecule has 1 atom stereocenters. The summed E-state index contributed by atoms with van der Waals surface area (Å²) in [6.45, 7) is 4.68. The lowest BCUT2D eigenvalue weighted by molar-refractivity contribution is 0.0135. The molecular weight excluding hydrogens is 364 g/mol. The number of nitrogens with zero attached hydrogens (tertiary/aromatic N) is 3. The van der Waals surface area contributed by atoms with Gasteiger partial charge in [-0.1, -0.05) is 0 Å². The summed E-state index contributed by atoms with van der Waals surface area (Å²) in [5.41, 5.74) is 2.89. The van der Waals surface area contributed by atoms with Crippen molar-refractivity contribution in [2.75, 3.05) is 44.3 Å². The maximum absolute atomic E-state index is 13.3. The number of rotatable bonds is 2. The van der Waals surface area contributed by atoms with E-state index in [9.17, 15) is 4.79 Å². The predicted octanol–water partition coefficient (Wildman–Crippen LogP) is 3.32. The molecule has 0 aliphatic carbocycles. The van der Waals surface area contributed by atoms with Gasteiger partial charge in [0.05, 0.1) is 25.1 Å². The molecule has 150 valence electrons. The molecule has 2 fully saturated rings. The van der Waals surface area contributed by atoms with Crippen LogP contribution in [0.25, 0.3) is 10.9 Å². The van der Waals surface area contributed by atoms with E-state index in [1.807, 2.05) is 47.6 Å². The quantitative estimate of drug-likeness (QED) is 0.729. The number of benzene rings is 1. The number of likely N-dealkylation sites (tertiary alicyclic amines) is 1. The summed E-state index contributed by atoms with van der Waals surface area (Å²) >= 11 is 0. The Balaban J connectivity index is 1.37. The standard InChI is InChI=1S/C23H26N4O2/c28-22(19-4-5-21-18(13-19)6-9-25-21)27-10-2-7-23(16-27)15-26(11-12-29-17-23)20-3-1-8-24-14-20/h1,3-6,8-9,13-14,25H,2,7,10-12,15-17H2. The zero-order chi connectivity index (χ0) is 19.7. The molecule has 2 aliphatic heterocycles. The number of ether oxygens (including phenoxy) is 1. The molecule has 1 N–H and O–H groups in total. The topological polar surface area (TPSA) is 61.5 Å². The normalized spacial score (nSPS) is 22.8. The first-order chi connectivity index (χ1) is 14.2. The van der Waals surface area contributed by atoms with E-state index < -0.39 is 0 Å². The van der Waals surface area contributed by atoms with Gasteiger partial charge in [-0.05, 0) is 49.2 Å². The molecular formula is C23H26N4O2. The second-order valence-electron chi connectivity index (χ2n) is 8.30. The molecule has 1 spiro atoms. The molecule has 0 saturated carbocycles. The molecule has 3 aromatic rings. The van der Waals surface area contributed by atoms with Crippen molar-refractivity contribution in [3.05, 3.63) is 60.6 Å². The molecule has 0 bridgehead atoms. The van der Waals surface area contributed by atoms with Gasteiger partial charge in [0.2, 0.25) is 0 Å². The zero-order valence-corrected chi connectivity index (χ0v) is 16.5. The number of fused-ring (bicyclic) bond motifs is 1. The van der Waals surface area contributed by atoms with Crippen molar-refractivity contribution in [3.63, 3.8) is 0 Å². The Morgan fingerprint density at radius 1 is 1.17 bits per heavy atom. The number of anilines is 1. The van der Waals surface area contributed by atoms with Crippen molar-refractivity contribution >= 4 is 22.5 Å². The highest BCUT2D eigenvalue weighted by molar-refractivity contribution is 5.98. The van der Waals surface area contributed by atoms with Gasteiger partial charge in [0.1, 0.15) is 0 Å². The van der Waals surface area contributed by atoms with Gasteiger partial charge >= 0.3 is 0 Å². The summed E-state index contributed by atoms with van der Waals surface area (Å²) in [6.07, 6.45) is 7.70. The number of hydrogen-bond donors (Lipinski definition) is 1. The highest BCUT2D eigenvalue weighted by atomic mass is 16.5. The number of pyridine rings is 1. The summed E-state index contributed by atoms with van der Waals surface area (Å²) < 4.78 is 6.02. The molecule has 2 aliphatic rings.